The second kappa shape index (κ2) is 5.63. The van der Waals surface area contributed by atoms with E-state index in [1.807, 2.05) is 18.9 Å². The van der Waals surface area contributed by atoms with Crippen molar-refractivity contribution in [2.45, 2.75) is 25.9 Å². The molecule has 84 valence electrons. The smallest absolute Gasteiger partial charge is 0.304 e. The zero-order chi connectivity index (χ0) is 11.4. The van der Waals surface area contributed by atoms with Crippen LogP contribution in [-0.2, 0) is 11.3 Å². The number of thiophene rings is 1. The highest BCUT2D eigenvalue weighted by atomic mass is 79.9. The lowest BCUT2D eigenvalue weighted by molar-refractivity contribution is -0.138. The average molecular weight is 292 g/mol. The van der Waals surface area contributed by atoms with Crippen molar-refractivity contribution < 1.29 is 9.90 Å². The summed E-state index contributed by atoms with van der Waals surface area (Å²) >= 11 is 5.05. The Kier molecular flexibility index (Phi) is 4.76. The summed E-state index contributed by atoms with van der Waals surface area (Å²) < 4.78 is 1.11. The molecule has 0 aliphatic rings. The van der Waals surface area contributed by atoms with Crippen molar-refractivity contribution in [3.05, 3.63) is 20.8 Å². The van der Waals surface area contributed by atoms with Crippen LogP contribution < -0.4 is 0 Å². The Bertz CT molecular complexity index is 340. The van der Waals surface area contributed by atoms with Gasteiger partial charge in [-0.15, -0.1) is 11.3 Å². The van der Waals surface area contributed by atoms with E-state index in [1.165, 1.54) is 5.56 Å². The minimum Gasteiger partial charge on any atom is -0.481 e. The van der Waals surface area contributed by atoms with Crippen LogP contribution in [-0.4, -0.2) is 29.1 Å². The van der Waals surface area contributed by atoms with Crippen molar-refractivity contribution in [1.29, 1.82) is 0 Å². The molecule has 1 aromatic rings. The third-order valence-corrected chi connectivity index (χ3v) is 3.83. The molecule has 1 unspecified atom stereocenters. The number of halogens is 1. The minimum atomic E-state index is -0.749. The molecule has 0 amide bonds. The van der Waals surface area contributed by atoms with E-state index >= 15 is 0 Å². The Morgan fingerprint density at radius 3 is 2.87 bits per heavy atom. The fourth-order valence-electron chi connectivity index (χ4n) is 1.28. The summed E-state index contributed by atoms with van der Waals surface area (Å²) in [5.74, 6) is -0.749. The van der Waals surface area contributed by atoms with E-state index in [9.17, 15) is 4.79 Å². The molecule has 1 N–H and O–H groups in total. The number of hydrogen-bond acceptors (Lipinski definition) is 3. The molecule has 5 heteroatoms. The molecule has 1 atom stereocenters. The molecule has 0 aliphatic carbocycles. The first kappa shape index (κ1) is 12.7. The predicted octanol–water partition coefficient (Wildman–Crippen LogP) is 2.81. The van der Waals surface area contributed by atoms with Crippen LogP contribution in [0, 0.1) is 0 Å². The number of aliphatic carboxylic acids is 1. The predicted molar refractivity (Wildman–Crippen MR) is 65.2 cm³/mol. The highest BCUT2D eigenvalue weighted by Gasteiger charge is 2.13. The SMILES string of the molecule is CC(CC(=O)O)N(C)Cc1csc(Br)c1. The third-order valence-electron chi connectivity index (χ3n) is 2.28. The summed E-state index contributed by atoms with van der Waals surface area (Å²) in [7, 11) is 1.94. The van der Waals surface area contributed by atoms with Crippen LogP contribution in [0.15, 0.2) is 15.2 Å². The van der Waals surface area contributed by atoms with Gasteiger partial charge in [-0.25, -0.2) is 0 Å². The molecule has 0 radical (unpaired) electrons. The fraction of sp³-hybridized carbons (Fsp3) is 0.500. The molecule has 0 aromatic carbocycles. The highest BCUT2D eigenvalue weighted by molar-refractivity contribution is 9.11. The zero-order valence-corrected chi connectivity index (χ0v) is 11.1. The molecule has 1 heterocycles. The topological polar surface area (TPSA) is 40.5 Å². The first-order valence-corrected chi connectivity index (χ1v) is 6.31. The van der Waals surface area contributed by atoms with Gasteiger partial charge in [0.2, 0.25) is 0 Å². The van der Waals surface area contributed by atoms with Gasteiger partial charge in [0.1, 0.15) is 0 Å². The Hall–Kier alpha value is -0.390. The quantitative estimate of drug-likeness (QED) is 0.907. The molecule has 1 rings (SSSR count). The summed E-state index contributed by atoms with van der Waals surface area (Å²) in [4.78, 5) is 12.6. The standard InChI is InChI=1S/C10H14BrNO2S/c1-7(3-10(13)14)12(2)5-8-4-9(11)15-6-8/h4,6-7H,3,5H2,1-2H3,(H,13,14). The minimum absolute atomic E-state index is 0.0566. The molecule has 0 fully saturated rings. The van der Waals surface area contributed by atoms with Crippen LogP contribution in [0.2, 0.25) is 0 Å². The Balaban J connectivity index is 2.47. The van der Waals surface area contributed by atoms with E-state index in [0.29, 0.717) is 0 Å². The van der Waals surface area contributed by atoms with E-state index in [0.717, 1.165) is 10.3 Å². The maximum absolute atomic E-state index is 10.5. The number of carbonyl (C=O) groups is 1. The van der Waals surface area contributed by atoms with Crippen molar-refractivity contribution in [3.8, 4) is 0 Å². The van der Waals surface area contributed by atoms with E-state index in [-0.39, 0.29) is 12.5 Å². The van der Waals surface area contributed by atoms with Crippen LogP contribution in [0.3, 0.4) is 0 Å². The maximum atomic E-state index is 10.5. The molecule has 3 nitrogen and oxygen atoms in total. The Labute approximate surface area is 102 Å². The van der Waals surface area contributed by atoms with Crippen molar-refractivity contribution >= 4 is 33.2 Å². The monoisotopic (exact) mass is 291 g/mol. The van der Waals surface area contributed by atoms with Crippen LogP contribution in [0.1, 0.15) is 18.9 Å². The second-order valence-electron chi connectivity index (χ2n) is 3.62. The fourth-order valence-corrected chi connectivity index (χ4v) is 2.48. The van der Waals surface area contributed by atoms with Gasteiger partial charge in [-0.1, -0.05) is 0 Å². The highest BCUT2D eigenvalue weighted by Crippen LogP contribution is 2.22. The van der Waals surface area contributed by atoms with Crippen LogP contribution in [0.25, 0.3) is 0 Å². The maximum Gasteiger partial charge on any atom is 0.304 e. The summed E-state index contributed by atoms with van der Waals surface area (Å²) in [5.41, 5.74) is 1.21. The second-order valence-corrected chi connectivity index (χ2v) is 5.91. The molecule has 0 spiro atoms. The lowest BCUT2D eigenvalue weighted by Crippen LogP contribution is -2.30. The lowest BCUT2D eigenvalue weighted by atomic mass is 10.2. The van der Waals surface area contributed by atoms with Crippen molar-refractivity contribution in [1.82, 2.24) is 4.90 Å². The van der Waals surface area contributed by atoms with Gasteiger partial charge in [-0.2, -0.15) is 0 Å². The number of rotatable bonds is 5. The Morgan fingerprint density at radius 1 is 1.73 bits per heavy atom. The molecular formula is C10H14BrNO2S. The number of nitrogens with zero attached hydrogens (tertiary/aromatic N) is 1. The average Bonchev–Trinajstić information content (AvgIpc) is 2.50. The molecule has 0 bridgehead atoms. The van der Waals surface area contributed by atoms with E-state index in [4.69, 9.17) is 5.11 Å². The number of carboxylic acid groups (broad SMARTS) is 1. The van der Waals surface area contributed by atoms with Gasteiger partial charge in [0, 0.05) is 12.6 Å². The first-order chi connectivity index (χ1) is 6.99. The van der Waals surface area contributed by atoms with E-state index in [1.54, 1.807) is 11.3 Å². The van der Waals surface area contributed by atoms with Crippen LogP contribution >= 0.6 is 27.3 Å². The first-order valence-electron chi connectivity index (χ1n) is 4.64. The van der Waals surface area contributed by atoms with Gasteiger partial charge in [0.15, 0.2) is 0 Å². The lowest BCUT2D eigenvalue weighted by Gasteiger charge is -2.22. The number of carboxylic acids is 1. The molecule has 15 heavy (non-hydrogen) atoms. The van der Waals surface area contributed by atoms with Crippen molar-refractivity contribution in [2.24, 2.45) is 0 Å². The van der Waals surface area contributed by atoms with E-state index < -0.39 is 5.97 Å². The Morgan fingerprint density at radius 2 is 2.40 bits per heavy atom. The third kappa shape index (κ3) is 4.32. The summed E-state index contributed by atoms with van der Waals surface area (Å²) in [6, 6.07) is 2.12. The van der Waals surface area contributed by atoms with Gasteiger partial charge < -0.3 is 5.11 Å². The normalized spacial score (nSPS) is 13.1. The summed E-state index contributed by atoms with van der Waals surface area (Å²) in [6.45, 7) is 2.71. The number of hydrogen-bond donors (Lipinski definition) is 1. The summed E-state index contributed by atoms with van der Waals surface area (Å²) in [5, 5.41) is 10.7. The van der Waals surface area contributed by atoms with Gasteiger partial charge in [-0.3, -0.25) is 9.69 Å². The van der Waals surface area contributed by atoms with Crippen molar-refractivity contribution in [2.75, 3.05) is 7.05 Å². The van der Waals surface area contributed by atoms with E-state index in [2.05, 4.69) is 27.4 Å². The van der Waals surface area contributed by atoms with Crippen LogP contribution in [0.4, 0.5) is 0 Å². The van der Waals surface area contributed by atoms with Crippen LogP contribution in [0.5, 0.6) is 0 Å². The molecular weight excluding hydrogens is 278 g/mol. The molecule has 0 aliphatic heterocycles. The van der Waals surface area contributed by atoms with Gasteiger partial charge in [-0.05, 0) is 46.9 Å². The van der Waals surface area contributed by atoms with Gasteiger partial charge in [0.25, 0.3) is 0 Å². The molecule has 0 saturated heterocycles. The van der Waals surface area contributed by atoms with Gasteiger partial charge in [0.05, 0.1) is 10.2 Å². The molecule has 0 saturated carbocycles. The summed E-state index contributed by atoms with van der Waals surface area (Å²) in [6.07, 6.45) is 0.182. The zero-order valence-electron chi connectivity index (χ0n) is 8.74. The molecule has 1 aromatic heterocycles. The van der Waals surface area contributed by atoms with Gasteiger partial charge >= 0.3 is 5.97 Å². The van der Waals surface area contributed by atoms with Crippen molar-refractivity contribution in [3.63, 3.8) is 0 Å². The largest absolute Gasteiger partial charge is 0.481 e.